The number of anilines is 1. The Balaban J connectivity index is 1.42. The SMILES string of the molecule is O=C(Nc1nc2ccc(Cl)cc2s1)C1CC(=O)N(Cc2ccccc2)C1. The van der Waals surface area contributed by atoms with Crippen molar-refractivity contribution in [3.05, 3.63) is 59.1 Å². The zero-order chi connectivity index (χ0) is 18.1. The van der Waals surface area contributed by atoms with Crippen LogP contribution in [-0.2, 0) is 16.1 Å². The van der Waals surface area contributed by atoms with Gasteiger partial charge in [0, 0.05) is 24.5 Å². The number of benzene rings is 2. The average Bonchev–Trinajstić information content (AvgIpc) is 3.18. The predicted octanol–water partition coefficient (Wildman–Crippen LogP) is 3.94. The van der Waals surface area contributed by atoms with Gasteiger partial charge in [0.05, 0.1) is 16.1 Å². The summed E-state index contributed by atoms with van der Waals surface area (Å²) in [6.45, 7) is 0.958. The molecule has 132 valence electrons. The molecule has 1 fully saturated rings. The molecule has 1 saturated heterocycles. The average molecular weight is 386 g/mol. The van der Waals surface area contributed by atoms with Crippen molar-refractivity contribution >= 4 is 50.1 Å². The maximum atomic E-state index is 12.6. The van der Waals surface area contributed by atoms with E-state index in [9.17, 15) is 9.59 Å². The monoisotopic (exact) mass is 385 g/mol. The molecule has 0 radical (unpaired) electrons. The van der Waals surface area contributed by atoms with Crippen molar-refractivity contribution in [2.75, 3.05) is 11.9 Å². The Morgan fingerprint density at radius 2 is 2.08 bits per heavy atom. The maximum Gasteiger partial charge on any atom is 0.231 e. The largest absolute Gasteiger partial charge is 0.338 e. The number of likely N-dealkylation sites (tertiary alicyclic amines) is 1. The third-order valence-electron chi connectivity index (χ3n) is 4.38. The summed E-state index contributed by atoms with van der Waals surface area (Å²) < 4.78 is 0.918. The second-order valence-electron chi connectivity index (χ2n) is 6.28. The first kappa shape index (κ1) is 17.0. The van der Waals surface area contributed by atoms with Crippen molar-refractivity contribution in [1.29, 1.82) is 0 Å². The number of nitrogens with zero attached hydrogens (tertiary/aromatic N) is 2. The number of carbonyl (C=O) groups excluding carboxylic acids is 2. The summed E-state index contributed by atoms with van der Waals surface area (Å²) >= 11 is 7.36. The minimum atomic E-state index is -0.359. The van der Waals surface area contributed by atoms with Gasteiger partial charge in [-0.3, -0.25) is 9.59 Å². The van der Waals surface area contributed by atoms with E-state index < -0.39 is 0 Å². The Hall–Kier alpha value is -2.44. The molecular formula is C19H16ClN3O2S. The zero-order valence-electron chi connectivity index (χ0n) is 13.8. The molecule has 2 heterocycles. The smallest absolute Gasteiger partial charge is 0.231 e. The summed E-state index contributed by atoms with van der Waals surface area (Å²) in [6, 6.07) is 15.2. The molecule has 0 aliphatic carbocycles. The molecule has 2 amide bonds. The minimum Gasteiger partial charge on any atom is -0.338 e. The Morgan fingerprint density at radius 3 is 2.88 bits per heavy atom. The minimum absolute atomic E-state index is 0.00471. The molecule has 7 heteroatoms. The van der Waals surface area contributed by atoms with Gasteiger partial charge in [-0.25, -0.2) is 4.98 Å². The van der Waals surface area contributed by atoms with Gasteiger partial charge < -0.3 is 10.2 Å². The highest BCUT2D eigenvalue weighted by Gasteiger charge is 2.34. The standard InChI is InChI=1S/C19H16ClN3O2S/c20-14-6-7-15-16(9-14)26-19(21-15)22-18(25)13-8-17(24)23(11-13)10-12-4-2-1-3-5-12/h1-7,9,13H,8,10-11H2,(H,21,22,25). The van der Waals surface area contributed by atoms with Crippen LogP contribution in [-0.4, -0.2) is 28.2 Å². The van der Waals surface area contributed by atoms with E-state index in [1.807, 2.05) is 42.5 Å². The highest BCUT2D eigenvalue weighted by atomic mass is 35.5. The molecule has 1 aliphatic rings. The summed E-state index contributed by atoms with van der Waals surface area (Å²) in [5.74, 6) is -0.522. The van der Waals surface area contributed by atoms with Crippen LogP contribution in [0.5, 0.6) is 0 Å². The first-order valence-corrected chi connectivity index (χ1v) is 9.46. The van der Waals surface area contributed by atoms with Crippen LogP contribution in [0.3, 0.4) is 0 Å². The number of amides is 2. The van der Waals surface area contributed by atoms with Crippen molar-refractivity contribution in [3.63, 3.8) is 0 Å². The van der Waals surface area contributed by atoms with E-state index in [2.05, 4.69) is 10.3 Å². The van der Waals surface area contributed by atoms with Crippen molar-refractivity contribution in [3.8, 4) is 0 Å². The van der Waals surface area contributed by atoms with Gasteiger partial charge in [0.1, 0.15) is 0 Å². The van der Waals surface area contributed by atoms with E-state index in [1.165, 1.54) is 11.3 Å². The Bertz CT molecular complexity index is 973. The summed E-state index contributed by atoms with van der Waals surface area (Å²) in [4.78, 5) is 30.9. The van der Waals surface area contributed by atoms with Crippen LogP contribution in [0, 0.1) is 5.92 Å². The second-order valence-corrected chi connectivity index (χ2v) is 7.75. The summed E-state index contributed by atoms with van der Waals surface area (Å²) in [5, 5.41) is 4.01. The van der Waals surface area contributed by atoms with Gasteiger partial charge in [-0.05, 0) is 23.8 Å². The number of hydrogen-bond acceptors (Lipinski definition) is 4. The van der Waals surface area contributed by atoms with Crippen LogP contribution in [0.15, 0.2) is 48.5 Å². The first-order chi connectivity index (χ1) is 12.6. The molecule has 1 aromatic heterocycles. The van der Waals surface area contributed by atoms with E-state index in [0.29, 0.717) is 23.2 Å². The lowest BCUT2D eigenvalue weighted by Crippen LogP contribution is -2.28. The number of carbonyl (C=O) groups is 2. The highest BCUT2D eigenvalue weighted by molar-refractivity contribution is 7.22. The Labute approximate surface area is 159 Å². The van der Waals surface area contributed by atoms with Crippen LogP contribution >= 0.6 is 22.9 Å². The molecule has 26 heavy (non-hydrogen) atoms. The maximum absolute atomic E-state index is 12.6. The number of rotatable bonds is 4. The predicted molar refractivity (Wildman–Crippen MR) is 103 cm³/mol. The fourth-order valence-electron chi connectivity index (χ4n) is 3.06. The third-order valence-corrected chi connectivity index (χ3v) is 5.55. The van der Waals surface area contributed by atoms with Crippen LogP contribution < -0.4 is 5.32 Å². The molecule has 0 bridgehead atoms. The molecule has 1 N–H and O–H groups in total. The molecular weight excluding hydrogens is 370 g/mol. The van der Waals surface area contributed by atoms with Crippen molar-refractivity contribution in [1.82, 2.24) is 9.88 Å². The van der Waals surface area contributed by atoms with Crippen LogP contribution in [0.25, 0.3) is 10.2 Å². The number of hydrogen-bond donors (Lipinski definition) is 1. The molecule has 1 aliphatic heterocycles. The zero-order valence-corrected chi connectivity index (χ0v) is 15.4. The molecule has 2 aromatic carbocycles. The van der Waals surface area contributed by atoms with E-state index >= 15 is 0 Å². The number of aromatic nitrogens is 1. The first-order valence-electron chi connectivity index (χ1n) is 8.27. The van der Waals surface area contributed by atoms with Gasteiger partial charge in [-0.2, -0.15) is 0 Å². The quantitative estimate of drug-likeness (QED) is 0.740. The second kappa shape index (κ2) is 7.05. The highest BCUT2D eigenvalue weighted by Crippen LogP contribution is 2.29. The normalized spacial score (nSPS) is 17.0. The van der Waals surface area contributed by atoms with Crippen molar-refractivity contribution in [2.45, 2.75) is 13.0 Å². The lowest BCUT2D eigenvalue weighted by molar-refractivity contribution is -0.128. The van der Waals surface area contributed by atoms with Crippen LogP contribution in [0.1, 0.15) is 12.0 Å². The van der Waals surface area contributed by atoms with Crippen LogP contribution in [0.2, 0.25) is 5.02 Å². The van der Waals surface area contributed by atoms with Gasteiger partial charge in [0.2, 0.25) is 11.8 Å². The van der Waals surface area contributed by atoms with Gasteiger partial charge in [-0.1, -0.05) is 53.3 Å². The summed E-state index contributed by atoms with van der Waals surface area (Å²) in [5.41, 5.74) is 1.85. The molecule has 1 atom stereocenters. The Morgan fingerprint density at radius 1 is 1.27 bits per heavy atom. The van der Waals surface area contributed by atoms with Crippen molar-refractivity contribution in [2.24, 2.45) is 5.92 Å². The van der Waals surface area contributed by atoms with Gasteiger partial charge in [0.15, 0.2) is 5.13 Å². The number of thiazole rings is 1. The molecule has 5 nitrogen and oxygen atoms in total. The van der Waals surface area contributed by atoms with Gasteiger partial charge >= 0.3 is 0 Å². The number of nitrogens with one attached hydrogen (secondary N) is 1. The summed E-state index contributed by atoms with van der Waals surface area (Å²) in [6.07, 6.45) is 0.232. The fraction of sp³-hybridized carbons (Fsp3) is 0.211. The van der Waals surface area contributed by atoms with Crippen LogP contribution in [0.4, 0.5) is 5.13 Å². The molecule has 3 aromatic rings. The fourth-order valence-corrected chi connectivity index (χ4v) is 4.21. The lowest BCUT2D eigenvalue weighted by atomic mass is 10.1. The lowest BCUT2D eigenvalue weighted by Gasteiger charge is -2.16. The topological polar surface area (TPSA) is 62.3 Å². The van der Waals surface area contributed by atoms with Gasteiger partial charge in [0.25, 0.3) is 0 Å². The van der Waals surface area contributed by atoms with E-state index in [4.69, 9.17) is 11.6 Å². The molecule has 0 spiro atoms. The van der Waals surface area contributed by atoms with E-state index in [1.54, 1.807) is 11.0 Å². The number of fused-ring (bicyclic) bond motifs is 1. The van der Waals surface area contributed by atoms with E-state index in [0.717, 1.165) is 15.8 Å². The van der Waals surface area contributed by atoms with E-state index in [-0.39, 0.29) is 24.2 Å². The Kier molecular flexibility index (Phi) is 4.61. The van der Waals surface area contributed by atoms with Crippen molar-refractivity contribution < 1.29 is 9.59 Å². The molecule has 1 unspecified atom stereocenters. The third kappa shape index (κ3) is 3.57. The summed E-state index contributed by atoms with van der Waals surface area (Å²) in [7, 11) is 0. The van der Waals surface area contributed by atoms with Gasteiger partial charge in [-0.15, -0.1) is 0 Å². The molecule has 4 rings (SSSR count). The molecule has 0 saturated carbocycles. The number of halogens is 1.